The first-order chi connectivity index (χ1) is 14.6. The summed E-state index contributed by atoms with van der Waals surface area (Å²) in [5.74, 6) is 0.868. The molecule has 7 heteroatoms. The Hall–Kier alpha value is -2.63. The van der Waals surface area contributed by atoms with Crippen LogP contribution in [0.15, 0.2) is 71.0 Å². The molecule has 0 N–H and O–H groups in total. The van der Waals surface area contributed by atoms with E-state index in [4.69, 9.17) is 28.3 Å². The summed E-state index contributed by atoms with van der Waals surface area (Å²) in [6.45, 7) is 4.81. The van der Waals surface area contributed by atoms with Gasteiger partial charge in [-0.3, -0.25) is 4.98 Å². The number of likely N-dealkylation sites (N-methyl/N-ethyl adjacent to an activating group) is 1. The minimum Gasteiger partial charge on any atom is -0.358 e. The lowest BCUT2D eigenvalue weighted by molar-refractivity contribution is 0.807. The molecule has 0 amide bonds. The highest BCUT2D eigenvalue weighted by Crippen LogP contribution is 2.29. The van der Waals surface area contributed by atoms with Crippen LogP contribution >= 0.6 is 23.2 Å². The van der Waals surface area contributed by atoms with E-state index in [1.54, 1.807) is 0 Å². The van der Waals surface area contributed by atoms with Crippen LogP contribution in [-0.2, 0) is 6.42 Å². The third-order valence-corrected chi connectivity index (χ3v) is 5.37. The summed E-state index contributed by atoms with van der Waals surface area (Å²) in [6, 6.07) is 9.92. The molecule has 3 aromatic heterocycles. The van der Waals surface area contributed by atoms with E-state index in [1.165, 1.54) is 0 Å². The topological polar surface area (TPSA) is 46.3 Å². The van der Waals surface area contributed by atoms with Crippen LogP contribution in [0.2, 0.25) is 0 Å². The minimum absolute atomic E-state index is 0.518. The van der Waals surface area contributed by atoms with E-state index >= 15 is 0 Å². The molecule has 5 nitrogen and oxygen atoms in total. The molecule has 0 atom stereocenters. The fourth-order valence-corrected chi connectivity index (χ4v) is 3.40. The maximum Gasteiger partial charge on any atom is 0.154 e. The van der Waals surface area contributed by atoms with Gasteiger partial charge in [-0.1, -0.05) is 49.2 Å². The van der Waals surface area contributed by atoms with Crippen LogP contribution in [0.4, 0.5) is 5.82 Å². The number of hydrogen-bond acceptors (Lipinski definition) is 4. The molecule has 0 aromatic carbocycles. The average Bonchev–Trinajstić information content (AvgIpc) is 3.14. The quantitative estimate of drug-likeness (QED) is 0.497. The van der Waals surface area contributed by atoms with Gasteiger partial charge in [0.2, 0.25) is 0 Å². The van der Waals surface area contributed by atoms with Crippen LogP contribution in [0.1, 0.15) is 31.7 Å². The molecule has 3 heterocycles. The molecule has 0 fully saturated rings. The zero-order chi connectivity index (χ0) is 21.5. The van der Waals surface area contributed by atoms with Crippen molar-refractivity contribution in [2.24, 2.45) is 0 Å². The first-order valence-corrected chi connectivity index (χ1v) is 10.8. The zero-order valence-corrected chi connectivity index (χ0v) is 18.9. The highest BCUT2D eigenvalue weighted by molar-refractivity contribution is 6.41. The van der Waals surface area contributed by atoms with Gasteiger partial charge >= 0.3 is 0 Å². The lowest BCUT2D eigenvalue weighted by Crippen LogP contribution is -2.22. The van der Waals surface area contributed by atoms with Gasteiger partial charge < -0.3 is 4.90 Å². The molecule has 3 aromatic rings. The summed E-state index contributed by atoms with van der Waals surface area (Å²) in [4.78, 5) is 11.0. The third-order valence-electron chi connectivity index (χ3n) is 4.63. The van der Waals surface area contributed by atoms with Crippen molar-refractivity contribution >= 4 is 40.2 Å². The Morgan fingerprint density at radius 2 is 1.90 bits per heavy atom. The molecule has 0 unspecified atom stereocenters. The van der Waals surface area contributed by atoms with Crippen LogP contribution in [0.25, 0.3) is 11.2 Å². The van der Waals surface area contributed by atoms with Gasteiger partial charge in [0.15, 0.2) is 5.65 Å². The summed E-state index contributed by atoms with van der Waals surface area (Å²) in [5.41, 5.74) is 3.78. The van der Waals surface area contributed by atoms with E-state index < -0.39 is 0 Å². The first-order valence-electron chi connectivity index (χ1n) is 10.0. The predicted molar refractivity (Wildman–Crippen MR) is 126 cm³/mol. The lowest BCUT2D eigenvalue weighted by Gasteiger charge is -2.18. The lowest BCUT2D eigenvalue weighted by atomic mass is 10.1. The van der Waals surface area contributed by atoms with Crippen molar-refractivity contribution < 1.29 is 0 Å². The van der Waals surface area contributed by atoms with Crippen molar-refractivity contribution in [1.82, 2.24) is 19.6 Å². The van der Waals surface area contributed by atoms with Crippen LogP contribution in [0.3, 0.4) is 0 Å². The molecule has 1 aliphatic rings. The minimum atomic E-state index is 0.518. The molecule has 4 rings (SSSR count). The number of rotatable bonds is 5. The molecule has 0 spiro atoms. The van der Waals surface area contributed by atoms with Crippen LogP contribution in [0.5, 0.6) is 0 Å². The van der Waals surface area contributed by atoms with E-state index in [-0.39, 0.29) is 0 Å². The summed E-state index contributed by atoms with van der Waals surface area (Å²) < 4.78 is 1.86. The molecule has 0 saturated carbocycles. The van der Waals surface area contributed by atoms with E-state index in [0.717, 1.165) is 41.4 Å². The third kappa shape index (κ3) is 5.10. The summed E-state index contributed by atoms with van der Waals surface area (Å²) >= 11 is 12.4. The van der Waals surface area contributed by atoms with Gasteiger partial charge in [0.1, 0.15) is 5.82 Å². The van der Waals surface area contributed by atoms with Gasteiger partial charge in [-0.2, -0.15) is 0 Å². The number of fused-ring (bicyclic) bond motifs is 1. The van der Waals surface area contributed by atoms with E-state index in [2.05, 4.69) is 14.9 Å². The maximum absolute atomic E-state index is 6.27. The smallest absolute Gasteiger partial charge is 0.154 e. The average molecular weight is 442 g/mol. The maximum atomic E-state index is 6.27. The molecule has 0 radical (unpaired) electrons. The fourth-order valence-electron chi connectivity index (χ4n) is 3.06. The fraction of sp³-hybridized carbons (Fsp3) is 0.261. The molecular formula is C23H25Cl2N5. The number of pyridine rings is 1. The van der Waals surface area contributed by atoms with Gasteiger partial charge in [0, 0.05) is 31.9 Å². The molecule has 0 aliphatic heterocycles. The molecule has 30 heavy (non-hydrogen) atoms. The first kappa shape index (κ1) is 22.1. The van der Waals surface area contributed by atoms with Gasteiger partial charge in [0.05, 0.1) is 22.0 Å². The van der Waals surface area contributed by atoms with Crippen molar-refractivity contribution in [3.05, 3.63) is 82.4 Å². The molecule has 1 aliphatic carbocycles. The summed E-state index contributed by atoms with van der Waals surface area (Å²) in [7, 11) is 2.03. The van der Waals surface area contributed by atoms with Crippen LogP contribution in [0, 0.1) is 0 Å². The Morgan fingerprint density at radius 3 is 2.67 bits per heavy atom. The Bertz CT molecular complexity index is 1080. The van der Waals surface area contributed by atoms with Crippen molar-refractivity contribution in [3.63, 3.8) is 0 Å². The van der Waals surface area contributed by atoms with Crippen molar-refractivity contribution in [3.8, 4) is 0 Å². The highest BCUT2D eigenvalue weighted by Gasteiger charge is 2.14. The van der Waals surface area contributed by atoms with Crippen molar-refractivity contribution in [1.29, 1.82) is 0 Å². The van der Waals surface area contributed by atoms with E-state index in [0.29, 0.717) is 16.5 Å². The Labute approximate surface area is 187 Å². The molecule has 0 bridgehead atoms. The number of hydrogen-bond donors (Lipinski definition) is 0. The SMILES string of the molecule is CC.CN(CCc1ccccn1)c1ccc2ncc(C3=CC(Cl)=C(Cl)C=CC3)n2n1. The number of nitrogens with zero attached hydrogens (tertiary/aromatic N) is 5. The monoisotopic (exact) mass is 441 g/mol. The van der Waals surface area contributed by atoms with E-state index in [9.17, 15) is 0 Å². The molecule has 0 saturated heterocycles. The van der Waals surface area contributed by atoms with Crippen LogP contribution < -0.4 is 4.90 Å². The Kier molecular flexibility index (Phi) is 7.66. The number of allylic oxidation sites excluding steroid dienone is 6. The van der Waals surface area contributed by atoms with Crippen LogP contribution in [-0.4, -0.2) is 33.2 Å². The van der Waals surface area contributed by atoms with Crippen molar-refractivity contribution in [2.75, 3.05) is 18.5 Å². The highest BCUT2D eigenvalue weighted by atomic mass is 35.5. The molecular weight excluding hydrogens is 417 g/mol. The second-order valence-electron chi connectivity index (χ2n) is 6.57. The Balaban J connectivity index is 0.00000124. The standard InChI is InChI=1S/C21H19Cl2N5.C2H6/c1-27(12-10-16-6-2-3-11-24-16)21-9-8-20-25-14-19(28(20)26-21)15-5-4-7-17(22)18(23)13-15;1-2/h2-4,6-9,11,13-14H,5,10,12H2,1H3;1-2H3. The van der Waals surface area contributed by atoms with Gasteiger partial charge in [0.25, 0.3) is 0 Å². The normalized spacial score (nSPS) is 13.6. The number of imidazole rings is 1. The Morgan fingerprint density at radius 1 is 1.07 bits per heavy atom. The molecule has 156 valence electrons. The van der Waals surface area contributed by atoms with E-state index in [1.807, 2.05) is 86.4 Å². The van der Waals surface area contributed by atoms with Crippen molar-refractivity contribution in [2.45, 2.75) is 26.7 Å². The number of aromatic nitrogens is 4. The van der Waals surface area contributed by atoms with Gasteiger partial charge in [-0.05, 0) is 48.4 Å². The second-order valence-corrected chi connectivity index (χ2v) is 7.38. The van der Waals surface area contributed by atoms with Gasteiger partial charge in [-0.15, -0.1) is 5.10 Å². The summed E-state index contributed by atoms with van der Waals surface area (Å²) in [5, 5.41) is 5.85. The number of anilines is 1. The second kappa shape index (κ2) is 10.4. The number of halogens is 2. The largest absolute Gasteiger partial charge is 0.358 e. The van der Waals surface area contributed by atoms with Gasteiger partial charge in [-0.25, -0.2) is 9.50 Å². The summed E-state index contributed by atoms with van der Waals surface area (Å²) in [6.07, 6.45) is 10.9. The predicted octanol–water partition coefficient (Wildman–Crippen LogP) is 5.86. The zero-order valence-electron chi connectivity index (χ0n) is 17.4.